The van der Waals surface area contributed by atoms with E-state index in [1.807, 2.05) is 0 Å². The first-order valence-corrected chi connectivity index (χ1v) is 13.1. The van der Waals surface area contributed by atoms with E-state index >= 15 is 0 Å². The minimum absolute atomic E-state index is 0.00329. The van der Waals surface area contributed by atoms with Crippen LogP contribution in [0.1, 0.15) is 124 Å². The summed E-state index contributed by atoms with van der Waals surface area (Å²) in [6.07, 6.45) is 12.5. The fourth-order valence-corrected chi connectivity index (χ4v) is 5.57. The molecule has 0 aromatic heterocycles. The van der Waals surface area contributed by atoms with Gasteiger partial charge < -0.3 is 0 Å². The Balaban J connectivity index is 2.87. The molecule has 2 unspecified atom stereocenters. The van der Waals surface area contributed by atoms with E-state index in [-0.39, 0.29) is 19.4 Å². The van der Waals surface area contributed by atoms with E-state index in [0.717, 1.165) is 12.8 Å². The van der Waals surface area contributed by atoms with Gasteiger partial charge in [0.1, 0.15) is 0 Å². The molecule has 0 saturated heterocycles. The first-order valence-electron chi connectivity index (χ1n) is 12.1. The van der Waals surface area contributed by atoms with Gasteiger partial charge in [0.05, 0.1) is 0 Å². The van der Waals surface area contributed by atoms with Gasteiger partial charge in [-0.15, -0.1) is 0 Å². The molecule has 0 radical (unpaired) electrons. The summed E-state index contributed by atoms with van der Waals surface area (Å²) >= 11 is 0. The van der Waals surface area contributed by atoms with Gasteiger partial charge in [0.25, 0.3) is 0 Å². The Kier molecular flexibility index (Phi) is 11.7. The molecule has 0 aliphatic rings. The third-order valence-electron chi connectivity index (χ3n) is 6.86. The van der Waals surface area contributed by atoms with Gasteiger partial charge in [-0.2, -0.15) is 0 Å². The molecule has 2 atom stereocenters. The lowest BCUT2D eigenvalue weighted by molar-refractivity contribution is -0.125. The molecule has 1 aromatic carbocycles. The molecule has 1 nitrogen and oxygen atoms in total. The molecule has 29 heavy (non-hydrogen) atoms. The van der Waals surface area contributed by atoms with Crippen molar-refractivity contribution in [1.29, 1.82) is 0 Å². The molecule has 2 heteroatoms. The highest BCUT2D eigenvalue weighted by Crippen LogP contribution is 2.46. The second kappa shape index (κ2) is 12.9. The number of unbranched alkanes of at least 4 members (excludes halogenated alkanes) is 4. The van der Waals surface area contributed by atoms with E-state index in [0.29, 0.717) is 11.4 Å². The van der Waals surface area contributed by atoms with Crippen molar-refractivity contribution < 1.29 is 4.79 Å². The summed E-state index contributed by atoms with van der Waals surface area (Å²) in [5.74, 6) is 0.682. The Hall–Kier alpha value is -0.680. The predicted molar refractivity (Wildman–Crippen MR) is 133 cm³/mol. The summed E-state index contributed by atoms with van der Waals surface area (Å²) < 4.78 is 0. The Morgan fingerprint density at radius 2 is 1.34 bits per heavy atom. The lowest BCUT2D eigenvalue weighted by Gasteiger charge is -2.40. The first-order chi connectivity index (χ1) is 13.7. The maximum absolute atomic E-state index is 13.3. The maximum Gasteiger partial charge on any atom is 0.162 e. The second-order valence-electron chi connectivity index (χ2n) is 10.1. The molecule has 0 aliphatic carbocycles. The Labute approximate surface area is 183 Å². The van der Waals surface area contributed by atoms with E-state index in [2.05, 4.69) is 72.7 Å². The maximum atomic E-state index is 13.3. The standard InChI is InChI=1S/C27H47OP/c1-8-11-13-15-22(16-14-12-9-2)23-17-19-24(20-18-23)29-25(28)27(7,21-10-3)26(4,5)6/h17-20,22,29H,8-16,21H2,1-7H3. The third kappa shape index (κ3) is 8.16. The summed E-state index contributed by atoms with van der Waals surface area (Å²) in [6, 6.07) is 9.08. The molecule has 0 amide bonds. The fraction of sp³-hybridized carbons (Fsp3) is 0.741. The van der Waals surface area contributed by atoms with E-state index in [9.17, 15) is 4.79 Å². The summed E-state index contributed by atoms with van der Waals surface area (Å²) in [6.45, 7) is 15.6. The minimum Gasteiger partial charge on any atom is -0.294 e. The molecule has 0 heterocycles. The quantitative estimate of drug-likeness (QED) is 0.218. The molecule has 0 N–H and O–H groups in total. The van der Waals surface area contributed by atoms with Crippen molar-refractivity contribution in [2.45, 2.75) is 119 Å². The Morgan fingerprint density at radius 1 is 0.828 bits per heavy atom. The zero-order chi connectivity index (χ0) is 21.9. The Bertz CT molecular complexity index is 574. The van der Waals surface area contributed by atoms with Crippen LogP contribution in [0.15, 0.2) is 24.3 Å². The SMILES string of the molecule is CCCCCC(CCCCC)c1ccc(PC(=O)C(C)(CCC)C(C)(C)C)cc1. The van der Waals surface area contributed by atoms with Gasteiger partial charge in [-0.25, -0.2) is 0 Å². The largest absolute Gasteiger partial charge is 0.294 e. The van der Waals surface area contributed by atoms with Crippen LogP contribution in [0.3, 0.4) is 0 Å². The number of carbonyl (C=O) groups is 1. The zero-order valence-corrected chi connectivity index (χ0v) is 21.4. The van der Waals surface area contributed by atoms with Crippen molar-refractivity contribution in [1.82, 2.24) is 0 Å². The van der Waals surface area contributed by atoms with Crippen LogP contribution in [0, 0.1) is 10.8 Å². The second-order valence-corrected chi connectivity index (χ2v) is 11.4. The van der Waals surface area contributed by atoms with Crippen LogP contribution in [0.5, 0.6) is 0 Å². The number of hydrogen-bond donors (Lipinski definition) is 0. The number of hydrogen-bond acceptors (Lipinski definition) is 1. The van der Waals surface area contributed by atoms with Crippen LogP contribution < -0.4 is 5.30 Å². The van der Waals surface area contributed by atoms with E-state index in [4.69, 9.17) is 0 Å². The van der Waals surface area contributed by atoms with Crippen molar-refractivity contribution in [3.05, 3.63) is 29.8 Å². The van der Waals surface area contributed by atoms with Crippen LogP contribution in [-0.2, 0) is 4.79 Å². The smallest absolute Gasteiger partial charge is 0.162 e. The molecule has 0 aliphatic heterocycles. The zero-order valence-electron chi connectivity index (χ0n) is 20.4. The normalized spacial score (nSPS) is 14.6. The van der Waals surface area contributed by atoms with Gasteiger partial charge in [0.15, 0.2) is 5.52 Å². The van der Waals surface area contributed by atoms with Crippen molar-refractivity contribution in [2.24, 2.45) is 10.8 Å². The van der Waals surface area contributed by atoms with Gasteiger partial charge >= 0.3 is 0 Å². The van der Waals surface area contributed by atoms with E-state index in [1.54, 1.807) is 0 Å². The summed E-state index contributed by atoms with van der Waals surface area (Å²) in [4.78, 5) is 13.3. The van der Waals surface area contributed by atoms with E-state index < -0.39 is 0 Å². The fourth-order valence-electron chi connectivity index (χ4n) is 4.20. The molecule has 166 valence electrons. The molecular formula is C27H47OP. The van der Waals surface area contributed by atoms with Crippen molar-refractivity contribution in [3.63, 3.8) is 0 Å². The Morgan fingerprint density at radius 3 is 1.76 bits per heavy atom. The molecule has 0 spiro atoms. The summed E-state index contributed by atoms with van der Waals surface area (Å²) in [5, 5.41) is 1.20. The molecular weight excluding hydrogens is 371 g/mol. The molecule has 0 fully saturated rings. The molecule has 0 bridgehead atoms. The van der Waals surface area contributed by atoms with Crippen molar-refractivity contribution in [3.8, 4) is 0 Å². The van der Waals surface area contributed by atoms with Gasteiger partial charge in [-0.05, 0) is 50.0 Å². The van der Waals surface area contributed by atoms with Gasteiger partial charge in [0, 0.05) is 5.41 Å². The molecule has 1 rings (SSSR count). The lowest BCUT2D eigenvalue weighted by atomic mass is 9.66. The highest BCUT2D eigenvalue weighted by Gasteiger charge is 2.42. The topological polar surface area (TPSA) is 17.1 Å². The molecule has 1 aromatic rings. The van der Waals surface area contributed by atoms with E-state index in [1.165, 1.54) is 62.2 Å². The van der Waals surface area contributed by atoms with Crippen LogP contribution in [0.2, 0.25) is 0 Å². The predicted octanol–water partition coefficient (Wildman–Crippen LogP) is 8.61. The molecule has 0 saturated carbocycles. The monoisotopic (exact) mass is 418 g/mol. The lowest BCUT2D eigenvalue weighted by Crippen LogP contribution is -2.39. The third-order valence-corrected chi connectivity index (χ3v) is 8.26. The number of rotatable bonds is 14. The van der Waals surface area contributed by atoms with Crippen LogP contribution in [-0.4, -0.2) is 5.52 Å². The summed E-state index contributed by atoms with van der Waals surface area (Å²) in [7, 11) is 0.266. The number of benzene rings is 1. The van der Waals surface area contributed by atoms with Gasteiger partial charge in [-0.1, -0.05) is 118 Å². The highest BCUT2D eigenvalue weighted by molar-refractivity contribution is 7.65. The first kappa shape index (κ1) is 26.4. The van der Waals surface area contributed by atoms with Gasteiger partial charge in [-0.3, -0.25) is 4.79 Å². The van der Waals surface area contributed by atoms with Crippen LogP contribution in [0.4, 0.5) is 0 Å². The average Bonchev–Trinajstić information content (AvgIpc) is 2.67. The highest BCUT2D eigenvalue weighted by atomic mass is 31.1. The van der Waals surface area contributed by atoms with Gasteiger partial charge in [0.2, 0.25) is 0 Å². The minimum atomic E-state index is -0.248. The average molecular weight is 419 g/mol. The van der Waals surface area contributed by atoms with Crippen LogP contribution in [0.25, 0.3) is 0 Å². The summed E-state index contributed by atoms with van der Waals surface area (Å²) in [5.41, 5.74) is 1.64. The van der Waals surface area contributed by atoms with Crippen molar-refractivity contribution >= 4 is 19.4 Å². The number of carbonyl (C=O) groups excluding carboxylic acids is 1. The van der Waals surface area contributed by atoms with Crippen molar-refractivity contribution in [2.75, 3.05) is 0 Å². The van der Waals surface area contributed by atoms with Crippen LogP contribution >= 0.6 is 8.58 Å².